The van der Waals surface area contributed by atoms with Crippen LogP contribution in [0.15, 0.2) is 46.3 Å². The van der Waals surface area contributed by atoms with Gasteiger partial charge in [0.05, 0.1) is 4.88 Å². The van der Waals surface area contributed by atoms with Crippen LogP contribution in [0.1, 0.15) is 56.7 Å². The number of amides is 1. The molecule has 4 rings (SSSR count). The molecule has 140 valence electrons. The van der Waals surface area contributed by atoms with Crippen molar-refractivity contribution >= 4 is 17.2 Å². The fraction of sp³-hybridized carbons (Fsp3) is 0.381. The van der Waals surface area contributed by atoms with Gasteiger partial charge in [0, 0.05) is 13.0 Å². The maximum atomic E-state index is 12.5. The van der Waals surface area contributed by atoms with E-state index in [2.05, 4.69) is 55.2 Å². The molecular formula is C21H23N3O2S. The third-order valence-corrected chi connectivity index (χ3v) is 5.84. The molecule has 1 atom stereocenters. The molecule has 0 spiro atoms. The van der Waals surface area contributed by atoms with E-state index in [1.54, 1.807) is 11.3 Å². The number of carbonyl (C=O) groups is 1. The second-order valence-electron chi connectivity index (χ2n) is 7.96. The van der Waals surface area contributed by atoms with Crippen molar-refractivity contribution < 1.29 is 9.32 Å². The maximum absolute atomic E-state index is 12.5. The highest BCUT2D eigenvalue weighted by Gasteiger charge is 2.36. The molecule has 6 heteroatoms. The van der Waals surface area contributed by atoms with Gasteiger partial charge in [-0.15, -0.1) is 11.3 Å². The Balaban J connectivity index is 1.53. The molecule has 3 aromatic rings. The summed E-state index contributed by atoms with van der Waals surface area (Å²) in [4.78, 5) is 19.8. The number of carbonyl (C=O) groups excluding carboxylic acids is 1. The van der Waals surface area contributed by atoms with E-state index in [9.17, 15) is 4.79 Å². The van der Waals surface area contributed by atoms with Gasteiger partial charge in [0.25, 0.3) is 0 Å². The number of nitrogens with zero attached hydrogens (tertiary/aromatic N) is 3. The normalized spacial score (nSPS) is 17.7. The van der Waals surface area contributed by atoms with Crippen LogP contribution in [-0.2, 0) is 16.8 Å². The van der Waals surface area contributed by atoms with Gasteiger partial charge in [0.1, 0.15) is 6.04 Å². The van der Waals surface area contributed by atoms with E-state index in [0.717, 1.165) is 10.4 Å². The lowest BCUT2D eigenvalue weighted by Gasteiger charge is -2.23. The summed E-state index contributed by atoms with van der Waals surface area (Å²) >= 11 is 1.57. The summed E-state index contributed by atoms with van der Waals surface area (Å²) < 4.78 is 5.50. The predicted molar refractivity (Wildman–Crippen MR) is 105 cm³/mol. The summed E-state index contributed by atoms with van der Waals surface area (Å²) in [6, 6.07) is 12.3. The number of benzene rings is 1. The Labute approximate surface area is 163 Å². The SMILES string of the molecule is CC(C)(C)c1ccc(CN2C(=O)CCC2c2nc(-c3cccs3)no2)cc1. The van der Waals surface area contributed by atoms with Crippen molar-refractivity contribution in [3.05, 3.63) is 58.8 Å². The van der Waals surface area contributed by atoms with Gasteiger partial charge in [-0.3, -0.25) is 4.79 Å². The molecule has 0 N–H and O–H groups in total. The van der Waals surface area contributed by atoms with Gasteiger partial charge >= 0.3 is 0 Å². The zero-order valence-corrected chi connectivity index (χ0v) is 16.6. The minimum Gasteiger partial charge on any atom is -0.337 e. The molecule has 27 heavy (non-hydrogen) atoms. The highest BCUT2D eigenvalue weighted by Crippen LogP contribution is 2.35. The highest BCUT2D eigenvalue weighted by molar-refractivity contribution is 7.13. The monoisotopic (exact) mass is 381 g/mol. The number of hydrogen-bond acceptors (Lipinski definition) is 5. The second kappa shape index (κ2) is 6.93. The van der Waals surface area contributed by atoms with Crippen molar-refractivity contribution in [3.8, 4) is 10.7 Å². The molecule has 1 unspecified atom stereocenters. The zero-order valence-electron chi connectivity index (χ0n) is 15.8. The minimum atomic E-state index is -0.152. The quantitative estimate of drug-likeness (QED) is 0.641. The molecule has 1 saturated heterocycles. The van der Waals surface area contributed by atoms with E-state index in [1.165, 1.54) is 5.56 Å². The van der Waals surface area contributed by atoms with Gasteiger partial charge in [-0.25, -0.2) is 0 Å². The van der Waals surface area contributed by atoms with E-state index in [0.29, 0.717) is 31.1 Å². The topological polar surface area (TPSA) is 59.2 Å². The van der Waals surface area contributed by atoms with Gasteiger partial charge in [0.15, 0.2) is 0 Å². The summed E-state index contributed by atoms with van der Waals surface area (Å²) in [6.07, 6.45) is 1.23. The summed E-state index contributed by atoms with van der Waals surface area (Å²) in [5, 5.41) is 6.08. The summed E-state index contributed by atoms with van der Waals surface area (Å²) in [6.45, 7) is 7.15. The van der Waals surface area contributed by atoms with Crippen molar-refractivity contribution in [3.63, 3.8) is 0 Å². The molecule has 1 fully saturated rings. The van der Waals surface area contributed by atoms with Crippen molar-refractivity contribution in [1.82, 2.24) is 15.0 Å². The maximum Gasteiger partial charge on any atom is 0.249 e. The summed E-state index contributed by atoms with van der Waals surface area (Å²) in [5.74, 6) is 1.25. The van der Waals surface area contributed by atoms with Crippen LogP contribution in [0.5, 0.6) is 0 Å². The van der Waals surface area contributed by atoms with Crippen molar-refractivity contribution in [1.29, 1.82) is 0 Å². The Morgan fingerprint density at radius 1 is 1.22 bits per heavy atom. The van der Waals surface area contributed by atoms with Gasteiger partial charge in [-0.1, -0.05) is 56.3 Å². The van der Waals surface area contributed by atoms with Crippen molar-refractivity contribution in [2.45, 2.75) is 51.6 Å². The Kier molecular flexibility index (Phi) is 4.60. The Bertz CT molecular complexity index is 923. The lowest BCUT2D eigenvalue weighted by molar-refractivity contribution is -0.129. The third-order valence-electron chi connectivity index (χ3n) is 4.97. The first-order valence-electron chi connectivity index (χ1n) is 9.18. The number of likely N-dealkylation sites (tertiary alicyclic amines) is 1. The van der Waals surface area contributed by atoms with E-state index >= 15 is 0 Å². The van der Waals surface area contributed by atoms with Crippen LogP contribution in [-0.4, -0.2) is 20.9 Å². The largest absolute Gasteiger partial charge is 0.337 e. The number of rotatable bonds is 4. The summed E-state index contributed by atoms with van der Waals surface area (Å²) in [7, 11) is 0. The zero-order chi connectivity index (χ0) is 19.0. The van der Waals surface area contributed by atoms with E-state index in [4.69, 9.17) is 4.52 Å². The van der Waals surface area contributed by atoms with Gasteiger partial charge in [-0.2, -0.15) is 4.98 Å². The Morgan fingerprint density at radius 2 is 2.00 bits per heavy atom. The average molecular weight is 382 g/mol. The molecule has 1 aliphatic rings. The van der Waals surface area contributed by atoms with Crippen LogP contribution in [0.3, 0.4) is 0 Å². The highest BCUT2D eigenvalue weighted by atomic mass is 32.1. The van der Waals surface area contributed by atoms with Crippen molar-refractivity contribution in [2.75, 3.05) is 0 Å². The molecule has 2 aromatic heterocycles. The molecule has 1 aliphatic heterocycles. The Hall–Kier alpha value is -2.47. The molecule has 0 bridgehead atoms. The fourth-order valence-corrected chi connectivity index (χ4v) is 4.02. The van der Waals surface area contributed by atoms with Crippen molar-refractivity contribution in [2.24, 2.45) is 0 Å². The molecule has 3 heterocycles. The first-order valence-corrected chi connectivity index (χ1v) is 10.1. The van der Waals surface area contributed by atoms with Gasteiger partial charge in [-0.05, 0) is 34.4 Å². The smallest absolute Gasteiger partial charge is 0.249 e. The molecule has 0 saturated carbocycles. The molecule has 1 amide bonds. The number of aromatic nitrogens is 2. The molecule has 0 aliphatic carbocycles. The van der Waals surface area contributed by atoms with Crippen LogP contribution in [0.4, 0.5) is 0 Å². The average Bonchev–Trinajstić information content (AvgIpc) is 3.36. The standard InChI is InChI=1S/C21H23N3O2S/c1-21(2,3)15-8-6-14(7-9-15)13-24-16(10-11-18(24)25)20-22-19(23-26-20)17-5-4-12-27-17/h4-9,12,16H,10-11,13H2,1-3H3. The lowest BCUT2D eigenvalue weighted by atomic mass is 9.87. The van der Waals surface area contributed by atoms with E-state index in [1.807, 2.05) is 22.4 Å². The van der Waals surface area contributed by atoms with Gasteiger partial charge < -0.3 is 9.42 Å². The molecule has 0 radical (unpaired) electrons. The molecular weight excluding hydrogens is 358 g/mol. The number of hydrogen-bond donors (Lipinski definition) is 0. The Morgan fingerprint density at radius 3 is 2.67 bits per heavy atom. The number of thiophene rings is 1. The van der Waals surface area contributed by atoms with E-state index in [-0.39, 0.29) is 17.4 Å². The van der Waals surface area contributed by atoms with Crippen LogP contribution in [0, 0.1) is 0 Å². The predicted octanol–water partition coefficient (Wildman–Crippen LogP) is 4.96. The summed E-state index contributed by atoms with van der Waals surface area (Å²) in [5.41, 5.74) is 2.52. The van der Waals surface area contributed by atoms with Gasteiger partial charge in [0.2, 0.25) is 17.6 Å². The van der Waals surface area contributed by atoms with Crippen LogP contribution in [0.2, 0.25) is 0 Å². The minimum absolute atomic E-state index is 0.118. The fourth-order valence-electron chi connectivity index (χ4n) is 3.37. The third kappa shape index (κ3) is 3.67. The van der Waals surface area contributed by atoms with Crippen LogP contribution in [0.25, 0.3) is 10.7 Å². The first kappa shape index (κ1) is 17.9. The second-order valence-corrected chi connectivity index (χ2v) is 8.90. The van der Waals surface area contributed by atoms with E-state index < -0.39 is 0 Å². The molecule has 1 aromatic carbocycles. The molecule has 5 nitrogen and oxygen atoms in total. The lowest BCUT2D eigenvalue weighted by Crippen LogP contribution is -2.27. The van der Waals surface area contributed by atoms with Crippen LogP contribution < -0.4 is 0 Å². The first-order chi connectivity index (χ1) is 12.9. The van der Waals surface area contributed by atoms with Crippen LogP contribution >= 0.6 is 11.3 Å².